The molecule has 108 valence electrons. The first-order valence-corrected chi connectivity index (χ1v) is 6.76. The molecule has 2 rings (SSSR count). The van der Waals surface area contributed by atoms with Crippen molar-refractivity contribution in [1.82, 2.24) is 0 Å². The Balaban J connectivity index is 2.45. The van der Waals surface area contributed by atoms with E-state index >= 15 is 0 Å². The van der Waals surface area contributed by atoms with Crippen molar-refractivity contribution in [3.8, 4) is 0 Å². The second-order valence-corrected chi connectivity index (χ2v) is 6.46. The fraction of sp³-hybridized carbons (Fsp3) is 0.533. The van der Waals surface area contributed by atoms with Crippen molar-refractivity contribution in [2.75, 3.05) is 0 Å². The third-order valence-corrected chi connectivity index (χ3v) is 4.54. The number of carboxylic acids is 1. The van der Waals surface area contributed by atoms with E-state index in [1.807, 2.05) is 45.9 Å². The quantitative estimate of drug-likeness (QED) is 0.862. The minimum atomic E-state index is -1.24. The highest BCUT2D eigenvalue weighted by Gasteiger charge is 2.61. The molecule has 1 fully saturated rings. The molecule has 1 heterocycles. The molecule has 1 aliphatic rings. The second-order valence-electron chi connectivity index (χ2n) is 6.46. The molecule has 0 aromatic heterocycles. The van der Waals surface area contributed by atoms with Gasteiger partial charge in [0.25, 0.3) is 0 Å². The summed E-state index contributed by atoms with van der Waals surface area (Å²) in [4.78, 5) is 11.9. The summed E-state index contributed by atoms with van der Waals surface area (Å²) in [6.45, 7) is 9.31. The van der Waals surface area contributed by atoms with E-state index in [1.165, 1.54) is 0 Å². The van der Waals surface area contributed by atoms with E-state index in [1.54, 1.807) is 19.1 Å². The van der Waals surface area contributed by atoms with Crippen LogP contribution in [0.5, 0.6) is 0 Å². The van der Waals surface area contributed by atoms with Crippen LogP contribution in [0, 0.1) is 0 Å². The second kappa shape index (κ2) is 4.60. The smallest absolute Gasteiger partial charge is 0.480 e. The molecule has 0 bridgehead atoms. The van der Waals surface area contributed by atoms with Gasteiger partial charge >= 0.3 is 13.1 Å². The highest BCUT2D eigenvalue weighted by molar-refractivity contribution is 6.55. The Hall–Kier alpha value is -1.33. The molecule has 20 heavy (non-hydrogen) atoms. The molecule has 0 spiro atoms. The molecule has 1 aliphatic heterocycles. The van der Waals surface area contributed by atoms with E-state index in [2.05, 4.69) is 0 Å². The van der Waals surface area contributed by atoms with Gasteiger partial charge in [-0.1, -0.05) is 30.3 Å². The molecule has 0 amide bonds. The average Bonchev–Trinajstić information content (AvgIpc) is 2.58. The molecule has 0 radical (unpaired) electrons. The summed E-state index contributed by atoms with van der Waals surface area (Å²) in [6, 6.07) is 9.08. The van der Waals surface area contributed by atoms with Gasteiger partial charge in [-0.3, -0.25) is 4.79 Å². The highest BCUT2D eigenvalue weighted by Crippen LogP contribution is 2.43. The van der Waals surface area contributed by atoms with Crippen LogP contribution >= 0.6 is 0 Å². The van der Waals surface area contributed by atoms with Gasteiger partial charge in [0.05, 0.1) is 11.2 Å². The molecule has 4 nitrogen and oxygen atoms in total. The maximum Gasteiger partial charge on any atom is 0.480 e. The molecule has 5 heteroatoms. The summed E-state index contributed by atoms with van der Waals surface area (Å²) in [7, 11) is -0.826. The van der Waals surface area contributed by atoms with E-state index in [9.17, 15) is 9.90 Å². The Bertz CT molecular complexity index is 496. The fourth-order valence-corrected chi connectivity index (χ4v) is 2.22. The molecule has 0 aliphatic carbocycles. The first-order chi connectivity index (χ1) is 9.11. The van der Waals surface area contributed by atoms with Gasteiger partial charge in [-0.2, -0.15) is 0 Å². The van der Waals surface area contributed by atoms with E-state index < -0.39 is 29.6 Å². The molecule has 1 atom stereocenters. The summed E-state index contributed by atoms with van der Waals surface area (Å²) >= 11 is 0. The first-order valence-electron chi connectivity index (χ1n) is 6.76. The van der Waals surface area contributed by atoms with Crippen LogP contribution in [0.2, 0.25) is 0 Å². The van der Waals surface area contributed by atoms with E-state index in [4.69, 9.17) is 9.31 Å². The SMILES string of the molecule is CC(B1OC(C)(C)C(C)(C)O1)(C(=O)O)c1ccccc1. The first kappa shape index (κ1) is 15.1. The number of aliphatic carboxylic acids is 1. The molecular weight excluding hydrogens is 255 g/mol. The van der Waals surface area contributed by atoms with Crippen molar-refractivity contribution in [2.45, 2.75) is 51.1 Å². The third kappa shape index (κ3) is 2.15. The van der Waals surface area contributed by atoms with Crippen LogP contribution in [0.25, 0.3) is 0 Å². The van der Waals surface area contributed by atoms with Crippen molar-refractivity contribution < 1.29 is 19.2 Å². The molecule has 1 N–H and O–H groups in total. The zero-order chi connectivity index (χ0) is 15.2. The number of rotatable bonds is 3. The Morgan fingerprint density at radius 1 is 1.10 bits per heavy atom. The summed E-state index contributed by atoms with van der Waals surface area (Å²) in [5, 5.41) is 8.48. The minimum absolute atomic E-state index is 0.552. The van der Waals surface area contributed by atoms with Crippen LogP contribution in [0.1, 0.15) is 40.2 Å². The summed E-state index contributed by atoms with van der Waals surface area (Å²) in [5.41, 5.74) is -0.433. The topological polar surface area (TPSA) is 55.8 Å². The van der Waals surface area contributed by atoms with Gasteiger partial charge in [0.2, 0.25) is 0 Å². The van der Waals surface area contributed by atoms with Crippen LogP contribution in [-0.2, 0) is 19.4 Å². The fourth-order valence-electron chi connectivity index (χ4n) is 2.22. The molecule has 1 aromatic carbocycles. The zero-order valence-corrected chi connectivity index (χ0v) is 12.6. The van der Waals surface area contributed by atoms with Gasteiger partial charge in [0.15, 0.2) is 0 Å². The standard InChI is InChI=1S/C15H21BO4/c1-13(2)14(3,4)20-16(19-13)15(5,12(17)18)11-9-7-6-8-10-11/h6-10H,1-5H3,(H,17,18). The van der Waals surface area contributed by atoms with Gasteiger partial charge in [-0.05, 0) is 40.2 Å². The van der Waals surface area contributed by atoms with Gasteiger partial charge in [-0.15, -0.1) is 0 Å². The number of hydrogen-bond donors (Lipinski definition) is 1. The predicted molar refractivity (Wildman–Crippen MR) is 77.5 cm³/mol. The van der Waals surface area contributed by atoms with E-state index in [-0.39, 0.29) is 0 Å². The Kier molecular flexibility index (Phi) is 3.47. The van der Waals surface area contributed by atoms with Crippen LogP contribution in [0.4, 0.5) is 0 Å². The minimum Gasteiger partial charge on any atom is -0.481 e. The van der Waals surface area contributed by atoms with E-state index in [0.29, 0.717) is 5.56 Å². The number of hydrogen-bond acceptors (Lipinski definition) is 3. The van der Waals surface area contributed by atoms with Crippen LogP contribution in [0.15, 0.2) is 30.3 Å². The number of benzene rings is 1. The van der Waals surface area contributed by atoms with Gasteiger partial charge in [0, 0.05) is 0 Å². The van der Waals surface area contributed by atoms with Gasteiger partial charge in [-0.25, -0.2) is 0 Å². The Labute approximate surface area is 120 Å². The van der Waals surface area contributed by atoms with Crippen molar-refractivity contribution in [2.24, 2.45) is 0 Å². The molecular formula is C15H21BO4. The lowest BCUT2D eigenvalue weighted by molar-refractivity contribution is -0.141. The van der Waals surface area contributed by atoms with Crippen molar-refractivity contribution in [3.63, 3.8) is 0 Å². The normalized spacial score (nSPS) is 23.4. The maximum absolute atomic E-state index is 11.9. The number of carboxylic acid groups (broad SMARTS) is 1. The summed E-state index contributed by atoms with van der Waals surface area (Å²) < 4.78 is 11.9. The zero-order valence-electron chi connectivity index (χ0n) is 12.6. The molecule has 1 aromatic rings. The van der Waals surface area contributed by atoms with Crippen LogP contribution in [0.3, 0.4) is 0 Å². The number of carbonyl (C=O) groups is 1. The largest absolute Gasteiger partial charge is 0.481 e. The lowest BCUT2D eigenvalue weighted by Crippen LogP contribution is -2.49. The molecule has 1 saturated heterocycles. The Morgan fingerprint density at radius 2 is 1.55 bits per heavy atom. The van der Waals surface area contributed by atoms with Crippen molar-refractivity contribution in [3.05, 3.63) is 35.9 Å². The van der Waals surface area contributed by atoms with Crippen LogP contribution < -0.4 is 0 Å². The predicted octanol–water partition coefficient (Wildman–Crippen LogP) is 2.66. The van der Waals surface area contributed by atoms with Crippen LogP contribution in [-0.4, -0.2) is 29.4 Å². The van der Waals surface area contributed by atoms with Crippen molar-refractivity contribution >= 4 is 13.1 Å². The molecule has 1 unspecified atom stereocenters. The van der Waals surface area contributed by atoms with Crippen molar-refractivity contribution in [1.29, 1.82) is 0 Å². The Morgan fingerprint density at radius 3 is 1.95 bits per heavy atom. The van der Waals surface area contributed by atoms with Gasteiger partial charge < -0.3 is 14.4 Å². The third-order valence-electron chi connectivity index (χ3n) is 4.54. The summed E-state index contributed by atoms with van der Waals surface area (Å²) in [6.07, 6.45) is 0. The van der Waals surface area contributed by atoms with E-state index in [0.717, 1.165) is 0 Å². The lowest BCUT2D eigenvalue weighted by Gasteiger charge is -2.32. The highest BCUT2D eigenvalue weighted by atomic mass is 16.7. The monoisotopic (exact) mass is 276 g/mol. The lowest BCUT2D eigenvalue weighted by atomic mass is 9.55. The summed E-state index contributed by atoms with van der Waals surface area (Å²) in [5.74, 6) is -0.956. The molecule has 0 saturated carbocycles. The van der Waals surface area contributed by atoms with Gasteiger partial charge in [0.1, 0.15) is 5.31 Å². The average molecular weight is 276 g/mol. The maximum atomic E-state index is 11.9.